The number of benzene rings is 1. The van der Waals surface area contributed by atoms with Gasteiger partial charge in [0.1, 0.15) is 5.75 Å². The zero-order chi connectivity index (χ0) is 14.5. The molecular formula is C16H25NO2. The number of hydrogen-bond donors (Lipinski definition) is 0. The maximum absolute atomic E-state index is 12.2. The SMILES string of the molecule is CCN(Cc1ccc(OC)cc1)C(=O)CC(C)(C)C. The first-order valence-corrected chi connectivity index (χ1v) is 6.76. The molecule has 106 valence electrons. The second-order valence-corrected chi connectivity index (χ2v) is 5.99. The number of methoxy groups -OCH3 is 1. The summed E-state index contributed by atoms with van der Waals surface area (Å²) in [4.78, 5) is 14.1. The van der Waals surface area contributed by atoms with Crippen molar-refractivity contribution in [1.82, 2.24) is 4.90 Å². The van der Waals surface area contributed by atoms with Crippen molar-refractivity contribution in [3.63, 3.8) is 0 Å². The highest BCUT2D eigenvalue weighted by molar-refractivity contribution is 5.76. The molecule has 0 saturated carbocycles. The van der Waals surface area contributed by atoms with Gasteiger partial charge in [0.05, 0.1) is 7.11 Å². The maximum atomic E-state index is 12.2. The fourth-order valence-corrected chi connectivity index (χ4v) is 1.89. The molecule has 1 aromatic carbocycles. The topological polar surface area (TPSA) is 29.5 Å². The van der Waals surface area contributed by atoms with Gasteiger partial charge in [0, 0.05) is 19.5 Å². The molecule has 0 unspecified atom stereocenters. The summed E-state index contributed by atoms with van der Waals surface area (Å²) in [7, 11) is 1.65. The van der Waals surface area contributed by atoms with E-state index in [0.29, 0.717) is 13.0 Å². The largest absolute Gasteiger partial charge is 0.497 e. The molecule has 0 radical (unpaired) electrons. The predicted molar refractivity (Wildman–Crippen MR) is 78.2 cm³/mol. The molecule has 0 saturated heterocycles. The Morgan fingerprint density at radius 3 is 2.21 bits per heavy atom. The Labute approximate surface area is 116 Å². The summed E-state index contributed by atoms with van der Waals surface area (Å²) < 4.78 is 5.13. The van der Waals surface area contributed by atoms with Gasteiger partial charge >= 0.3 is 0 Å². The van der Waals surface area contributed by atoms with E-state index in [9.17, 15) is 4.79 Å². The Bertz CT molecular complexity index is 404. The Balaban J connectivity index is 2.67. The molecule has 1 aromatic rings. The van der Waals surface area contributed by atoms with Crippen LogP contribution < -0.4 is 4.74 Å². The van der Waals surface area contributed by atoms with E-state index in [0.717, 1.165) is 17.9 Å². The Kier molecular flexibility index (Phi) is 5.40. The number of hydrogen-bond acceptors (Lipinski definition) is 2. The predicted octanol–water partition coefficient (Wildman–Crippen LogP) is 3.48. The zero-order valence-corrected chi connectivity index (χ0v) is 12.7. The van der Waals surface area contributed by atoms with E-state index in [4.69, 9.17) is 4.74 Å². The van der Waals surface area contributed by atoms with Crippen LogP contribution in [-0.4, -0.2) is 24.5 Å². The Morgan fingerprint density at radius 2 is 1.79 bits per heavy atom. The molecule has 3 heteroatoms. The molecule has 0 N–H and O–H groups in total. The fraction of sp³-hybridized carbons (Fsp3) is 0.562. The molecule has 0 aliphatic heterocycles. The summed E-state index contributed by atoms with van der Waals surface area (Å²) in [5.74, 6) is 1.05. The molecule has 1 amide bonds. The number of ether oxygens (including phenoxy) is 1. The molecule has 0 aromatic heterocycles. The van der Waals surface area contributed by atoms with Crippen LogP contribution in [-0.2, 0) is 11.3 Å². The highest BCUT2D eigenvalue weighted by Gasteiger charge is 2.20. The molecule has 0 aliphatic rings. The van der Waals surface area contributed by atoms with E-state index < -0.39 is 0 Å². The summed E-state index contributed by atoms with van der Waals surface area (Å²) >= 11 is 0. The summed E-state index contributed by atoms with van der Waals surface area (Å²) in [5, 5.41) is 0. The molecule has 0 bridgehead atoms. The van der Waals surface area contributed by atoms with Gasteiger partial charge in [-0.3, -0.25) is 4.79 Å². The van der Waals surface area contributed by atoms with Crippen molar-refractivity contribution in [2.75, 3.05) is 13.7 Å². The first-order chi connectivity index (χ1) is 8.85. The van der Waals surface area contributed by atoms with Crippen molar-refractivity contribution in [3.8, 4) is 5.75 Å². The highest BCUT2D eigenvalue weighted by atomic mass is 16.5. The second-order valence-electron chi connectivity index (χ2n) is 5.99. The smallest absolute Gasteiger partial charge is 0.223 e. The highest BCUT2D eigenvalue weighted by Crippen LogP contribution is 2.21. The molecular weight excluding hydrogens is 238 g/mol. The Hall–Kier alpha value is -1.51. The Morgan fingerprint density at radius 1 is 1.21 bits per heavy atom. The van der Waals surface area contributed by atoms with Crippen LogP contribution in [0.15, 0.2) is 24.3 Å². The quantitative estimate of drug-likeness (QED) is 0.814. The number of rotatable bonds is 5. The van der Waals surface area contributed by atoms with Gasteiger partial charge in [-0.05, 0) is 30.0 Å². The molecule has 1 rings (SSSR count). The molecule has 19 heavy (non-hydrogen) atoms. The van der Waals surface area contributed by atoms with Crippen LogP contribution in [0.4, 0.5) is 0 Å². The lowest BCUT2D eigenvalue weighted by molar-refractivity contribution is -0.133. The maximum Gasteiger partial charge on any atom is 0.223 e. The van der Waals surface area contributed by atoms with Gasteiger partial charge in [-0.15, -0.1) is 0 Å². The first kappa shape index (κ1) is 15.5. The van der Waals surface area contributed by atoms with Crippen molar-refractivity contribution in [2.24, 2.45) is 5.41 Å². The van der Waals surface area contributed by atoms with Crippen LogP contribution in [0.2, 0.25) is 0 Å². The third-order valence-electron chi connectivity index (χ3n) is 2.95. The van der Waals surface area contributed by atoms with Crippen molar-refractivity contribution in [1.29, 1.82) is 0 Å². The minimum Gasteiger partial charge on any atom is -0.497 e. The van der Waals surface area contributed by atoms with Gasteiger partial charge in [-0.25, -0.2) is 0 Å². The van der Waals surface area contributed by atoms with E-state index in [2.05, 4.69) is 20.8 Å². The summed E-state index contributed by atoms with van der Waals surface area (Å²) in [6.07, 6.45) is 0.580. The van der Waals surface area contributed by atoms with E-state index in [1.165, 1.54) is 0 Å². The van der Waals surface area contributed by atoms with E-state index >= 15 is 0 Å². The molecule has 0 heterocycles. The van der Waals surface area contributed by atoms with Crippen LogP contribution in [0.5, 0.6) is 5.75 Å². The fourth-order valence-electron chi connectivity index (χ4n) is 1.89. The van der Waals surface area contributed by atoms with Crippen LogP contribution in [0.3, 0.4) is 0 Å². The minimum atomic E-state index is 0.0322. The molecule has 0 spiro atoms. The van der Waals surface area contributed by atoms with Gasteiger partial charge in [-0.2, -0.15) is 0 Å². The van der Waals surface area contributed by atoms with Gasteiger partial charge in [0.25, 0.3) is 0 Å². The van der Waals surface area contributed by atoms with Crippen LogP contribution in [0.1, 0.15) is 39.7 Å². The molecule has 0 fully saturated rings. The van der Waals surface area contributed by atoms with Crippen LogP contribution in [0.25, 0.3) is 0 Å². The monoisotopic (exact) mass is 263 g/mol. The van der Waals surface area contributed by atoms with Gasteiger partial charge in [0.15, 0.2) is 0 Å². The van der Waals surface area contributed by atoms with E-state index in [1.54, 1.807) is 7.11 Å². The number of nitrogens with zero attached hydrogens (tertiary/aromatic N) is 1. The lowest BCUT2D eigenvalue weighted by Gasteiger charge is -2.25. The third-order valence-corrected chi connectivity index (χ3v) is 2.95. The molecule has 0 aliphatic carbocycles. The number of carbonyl (C=O) groups excluding carboxylic acids is 1. The summed E-state index contributed by atoms with van der Waals surface area (Å²) in [6.45, 7) is 9.69. The number of amides is 1. The van der Waals surface area contributed by atoms with E-state index in [-0.39, 0.29) is 11.3 Å². The van der Waals surface area contributed by atoms with Crippen molar-refractivity contribution in [3.05, 3.63) is 29.8 Å². The van der Waals surface area contributed by atoms with Gasteiger partial charge < -0.3 is 9.64 Å². The van der Waals surface area contributed by atoms with Crippen molar-refractivity contribution >= 4 is 5.91 Å². The molecule has 3 nitrogen and oxygen atoms in total. The van der Waals surface area contributed by atoms with Crippen LogP contribution in [0, 0.1) is 5.41 Å². The zero-order valence-electron chi connectivity index (χ0n) is 12.7. The van der Waals surface area contributed by atoms with E-state index in [1.807, 2.05) is 36.1 Å². The lowest BCUT2D eigenvalue weighted by atomic mass is 9.91. The lowest BCUT2D eigenvalue weighted by Crippen LogP contribution is -2.32. The normalized spacial score (nSPS) is 11.2. The number of carbonyl (C=O) groups is 1. The van der Waals surface area contributed by atoms with Gasteiger partial charge in [-0.1, -0.05) is 32.9 Å². The average molecular weight is 263 g/mol. The first-order valence-electron chi connectivity index (χ1n) is 6.76. The standard InChI is InChI=1S/C16H25NO2/c1-6-17(15(18)11-16(2,3)4)12-13-7-9-14(19-5)10-8-13/h7-10H,6,11-12H2,1-5H3. The minimum absolute atomic E-state index is 0.0322. The second kappa shape index (κ2) is 6.60. The van der Waals surface area contributed by atoms with Crippen molar-refractivity contribution < 1.29 is 9.53 Å². The van der Waals surface area contributed by atoms with Crippen molar-refractivity contribution in [2.45, 2.75) is 40.7 Å². The summed E-state index contributed by atoms with van der Waals surface area (Å²) in [6, 6.07) is 7.87. The summed E-state index contributed by atoms with van der Waals surface area (Å²) in [5.41, 5.74) is 1.16. The third kappa shape index (κ3) is 5.33. The van der Waals surface area contributed by atoms with Gasteiger partial charge in [0.2, 0.25) is 5.91 Å². The molecule has 0 atom stereocenters. The average Bonchev–Trinajstić information content (AvgIpc) is 2.34. The van der Waals surface area contributed by atoms with Crippen LogP contribution >= 0.6 is 0 Å².